The van der Waals surface area contributed by atoms with Gasteiger partial charge in [0.1, 0.15) is 5.60 Å². The average Bonchev–Trinajstić information content (AvgIpc) is 3.25. The summed E-state index contributed by atoms with van der Waals surface area (Å²) in [5, 5.41) is 11.1. The fourth-order valence-electron chi connectivity index (χ4n) is 5.80. The van der Waals surface area contributed by atoms with Crippen LogP contribution in [-0.2, 0) is 20.7 Å². The van der Waals surface area contributed by atoms with E-state index in [0.717, 1.165) is 37.7 Å². The smallest absolute Gasteiger partial charge is 0.314 e. The van der Waals surface area contributed by atoms with Crippen molar-refractivity contribution in [3.8, 4) is 0 Å². The summed E-state index contributed by atoms with van der Waals surface area (Å²) < 4.78 is 5.51. The Balaban J connectivity index is 1.65. The van der Waals surface area contributed by atoms with Crippen LogP contribution in [0.15, 0.2) is 30.3 Å². The molecule has 0 unspecified atom stereocenters. The maximum atomic E-state index is 13.4. The van der Waals surface area contributed by atoms with Crippen LogP contribution in [0.2, 0.25) is 0 Å². The first-order valence-electron chi connectivity index (χ1n) is 10.8. The second kappa shape index (κ2) is 7.51. The highest BCUT2D eigenvalue weighted by Gasteiger charge is 2.63. The Labute approximate surface area is 167 Å². The topological polar surface area (TPSA) is 66.8 Å². The third kappa shape index (κ3) is 3.14. The molecule has 3 fully saturated rings. The van der Waals surface area contributed by atoms with E-state index in [2.05, 4.69) is 0 Å². The second-order valence-corrected chi connectivity index (χ2v) is 8.79. The van der Waals surface area contributed by atoms with Crippen molar-refractivity contribution in [2.45, 2.75) is 82.4 Å². The third-order valence-electron chi connectivity index (χ3n) is 7.10. The van der Waals surface area contributed by atoms with Crippen LogP contribution in [0.3, 0.4) is 0 Å². The Bertz CT molecular complexity index is 727. The molecule has 2 bridgehead atoms. The summed E-state index contributed by atoms with van der Waals surface area (Å²) in [5.41, 5.74) is -0.871. The summed E-state index contributed by atoms with van der Waals surface area (Å²) in [4.78, 5) is 28.5. The first kappa shape index (κ1) is 19.4. The molecule has 1 N–H and O–H groups in total. The molecule has 2 heterocycles. The molecule has 1 aromatic carbocycles. The fraction of sp³-hybridized carbons (Fsp3) is 0.652. The number of carbonyl (C=O) groups is 2. The standard InChI is InChI=1S/C23H31NO4/c1-2-28-21(26)22(15-17-9-5-3-6-10-17)16-18-11-12-19(22)24(18)20(25)23(27)13-7-4-8-14-23/h3,5-6,9-10,18-19,27H,2,4,7-8,11-16H2,1H3/t18-,19+,22+/m1/s1. The van der Waals surface area contributed by atoms with E-state index in [9.17, 15) is 14.7 Å². The Morgan fingerprint density at radius 1 is 1.14 bits per heavy atom. The molecule has 2 aliphatic heterocycles. The molecule has 0 spiro atoms. The molecule has 3 aliphatic rings. The zero-order chi connectivity index (χ0) is 19.8. The predicted molar refractivity (Wildman–Crippen MR) is 106 cm³/mol. The summed E-state index contributed by atoms with van der Waals surface area (Å²) >= 11 is 0. The second-order valence-electron chi connectivity index (χ2n) is 8.79. The maximum absolute atomic E-state index is 13.4. The van der Waals surface area contributed by atoms with Crippen molar-refractivity contribution in [3.05, 3.63) is 35.9 Å². The Morgan fingerprint density at radius 3 is 2.54 bits per heavy atom. The number of carbonyl (C=O) groups excluding carboxylic acids is 2. The Hall–Kier alpha value is -1.88. The number of hydrogen-bond donors (Lipinski definition) is 1. The van der Waals surface area contributed by atoms with Crippen molar-refractivity contribution < 1.29 is 19.4 Å². The van der Waals surface area contributed by atoms with Crippen LogP contribution in [-0.4, -0.2) is 46.2 Å². The first-order chi connectivity index (χ1) is 13.5. The molecular weight excluding hydrogens is 354 g/mol. The van der Waals surface area contributed by atoms with Crippen molar-refractivity contribution in [2.24, 2.45) is 5.41 Å². The highest BCUT2D eigenvalue weighted by Crippen LogP contribution is 2.53. The lowest BCUT2D eigenvalue weighted by molar-refractivity contribution is -0.162. The molecule has 5 nitrogen and oxygen atoms in total. The number of fused-ring (bicyclic) bond motifs is 2. The Morgan fingerprint density at radius 2 is 1.86 bits per heavy atom. The molecule has 2 saturated heterocycles. The normalized spacial score (nSPS) is 31.0. The van der Waals surface area contributed by atoms with Gasteiger partial charge in [-0.05, 0) is 51.0 Å². The van der Waals surface area contributed by atoms with Crippen molar-refractivity contribution in [2.75, 3.05) is 6.61 Å². The van der Waals surface area contributed by atoms with Crippen LogP contribution in [0, 0.1) is 5.41 Å². The quantitative estimate of drug-likeness (QED) is 0.790. The van der Waals surface area contributed by atoms with Gasteiger partial charge < -0.3 is 14.7 Å². The van der Waals surface area contributed by atoms with Gasteiger partial charge in [0.25, 0.3) is 5.91 Å². The fourth-order valence-corrected chi connectivity index (χ4v) is 5.80. The summed E-state index contributed by atoms with van der Waals surface area (Å²) in [5.74, 6) is -0.349. The van der Waals surface area contributed by atoms with E-state index >= 15 is 0 Å². The van der Waals surface area contributed by atoms with E-state index < -0.39 is 11.0 Å². The zero-order valence-electron chi connectivity index (χ0n) is 16.7. The largest absolute Gasteiger partial charge is 0.465 e. The molecule has 0 radical (unpaired) electrons. The number of nitrogens with zero attached hydrogens (tertiary/aromatic N) is 1. The van der Waals surface area contributed by atoms with Gasteiger partial charge in [0.15, 0.2) is 0 Å². The van der Waals surface area contributed by atoms with E-state index in [1.165, 1.54) is 0 Å². The molecule has 1 aliphatic carbocycles. The molecular formula is C23H31NO4. The third-order valence-corrected chi connectivity index (χ3v) is 7.10. The van der Waals surface area contributed by atoms with Gasteiger partial charge in [-0.2, -0.15) is 0 Å². The van der Waals surface area contributed by atoms with Gasteiger partial charge in [0, 0.05) is 12.1 Å². The highest BCUT2D eigenvalue weighted by molar-refractivity contribution is 5.89. The summed E-state index contributed by atoms with van der Waals surface area (Å²) in [6, 6.07) is 9.84. The van der Waals surface area contributed by atoms with E-state index in [0.29, 0.717) is 32.3 Å². The minimum Gasteiger partial charge on any atom is -0.465 e. The molecule has 3 atom stereocenters. The number of benzene rings is 1. The number of esters is 1. The van der Waals surface area contributed by atoms with Gasteiger partial charge in [-0.25, -0.2) is 0 Å². The van der Waals surface area contributed by atoms with E-state index in [4.69, 9.17) is 4.74 Å². The van der Waals surface area contributed by atoms with Crippen LogP contribution < -0.4 is 0 Å². The zero-order valence-corrected chi connectivity index (χ0v) is 16.7. The van der Waals surface area contributed by atoms with Gasteiger partial charge in [-0.1, -0.05) is 49.6 Å². The van der Waals surface area contributed by atoms with Crippen molar-refractivity contribution in [1.82, 2.24) is 4.90 Å². The monoisotopic (exact) mass is 385 g/mol. The van der Waals surface area contributed by atoms with Crippen molar-refractivity contribution in [3.63, 3.8) is 0 Å². The van der Waals surface area contributed by atoms with E-state index in [-0.39, 0.29) is 24.0 Å². The predicted octanol–water partition coefficient (Wildman–Crippen LogP) is 3.24. The van der Waals surface area contributed by atoms with Crippen LogP contribution in [0.1, 0.15) is 63.9 Å². The summed E-state index contributed by atoms with van der Waals surface area (Å²) in [6.07, 6.45) is 6.84. The van der Waals surface area contributed by atoms with Crippen LogP contribution in [0.5, 0.6) is 0 Å². The molecule has 5 heteroatoms. The van der Waals surface area contributed by atoms with Crippen molar-refractivity contribution in [1.29, 1.82) is 0 Å². The molecule has 28 heavy (non-hydrogen) atoms. The summed E-state index contributed by atoms with van der Waals surface area (Å²) in [7, 11) is 0. The number of ether oxygens (including phenoxy) is 1. The molecule has 1 saturated carbocycles. The molecule has 1 amide bonds. The number of rotatable bonds is 5. The first-order valence-corrected chi connectivity index (χ1v) is 10.8. The molecule has 1 aromatic rings. The van der Waals surface area contributed by atoms with Gasteiger partial charge in [-0.15, -0.1) is 0 Å². The Kier molecular flexibility index (Phi) is 5.21. The number of hydrogen-bond acceptors (Lipinski definition) is 4. The lowest BCUT2D eigenvalue weighted by Gasteiger charge is -2.39. The summed E-state index contributed by atoms with van der Waals surface area (Å²) in [6.45, 7) is 2.17. The van der Waals surface area contributed by atoms with Gasteiger partial charge in [0.2, 0.25) is 0 Å². The van der Waals surface area contributed by atoms with Gasteiger partial charge in [-0.3, -0.25) is 9.59 Å². The average molecular weight is 386 g/mol. The lowest BCUT2D eigenvalue weighted by Crippen LogP contribution is -2.54. The minimum atomic E-state index is -1.25. The van der Waals surface area contributed by atoms with E-state index in [1.807, 2.05) is 42.2 Å². The van der Waals surface area contributed by atoms with Crippen LogP contribution in [0.25, 0.3) is 0 Å². The van der Waals surface area contributed by atoms with Gasteiger partial charge >= 0.3 is 5.97 Å². The van der Waals surface area contributed by atoms with Gasteiger partial charge in [0.05, 0.1) is 12.0 Å². The maximum Gasteiger partial charge on any atom is 0.314 e. The number of aliphatic hydroxyl groups is 1. The van der Waals surface area contributed by atoms with Crippen LogP contribution in [0.4, 0.5) is 0 Å². The van der Waals surface area contributed by atoms with Crippen molar-refractivity contribution >= 4 is 11.9 Å². The molecule has 4 rings (SSSR count). The molecule has 152 valence electrons. The SMILES string of the molecule is CCOC(=O)[C@@]1(Cc2ccccc2)C[C@H]2CC[C@@H]1N2C(=O)C1(O)CCCCC1. The number of amides is 1. The highest BCUT2D eigenvalue weighted by atomic mass is 16.5. The molecule has 0 aromatic heterocycles. The minimum absolute atomic E-state index is 0.0246. The lowest BCUT2D eigenvalue weighted by atomic mass is 9.70. The van der Waals surface area contributed by atoms with E-state index in [1.54, 1.807) is 0 Å². The van der Waals surface area contributed by atoms with Crippen LogP contribution >= 0.6 is 0 Å².